The quantitative estimate of drug-likeness (QED) is 0.777. The fourth-order valence-electron chi connectivity index (χ4n) is 1.78. The van der Waals surface area contributed by atoms with Crippen LogP contribution >= 0.6 is 0 Å². The monoisotopic (exact) mass is 326 g/mol. The van der Waals surface area contributed by atoms with E-state index in [4.69, 9.17) is 10.8 Å². The molecule has 0 bridgehead atoms. The van der Waals surface area contributed by atoms with Gasteiger partial charge in [-0.1, -0.05) is 24.3 Å². The second-order valence-corrected chi connectivity index (χ2v) is 6.42. The SMILES string of the molecule is NCc1cccc(CS(=O)(=O)N(CCO)CC(F)(F)F)c1. The highest BCUT2D eigenvalue weighted by Gasteiger charge is 2.36. The van der Waals surface area contributed by atoms with Crippen LogP contribution in [0, 0.1) is 0 Å². The number of hydrogen-bond acceptors (Lipinski definition) is 4. The maximum atomic E-state index is 12.4. The van der Waals surface area contributed by atoms with Gasteiger partial charge in [-0.2, -0.15) is 17.5 Å². The molecule has 0 aliphatic rings. The summed E-state index contributed by atoms with van der Waals surface area (Å²) in [5, 5.41) is 8.76. The van der Waals surface area contributed by atoms with Gasteiger partial charge in [0.15, 0.2) is 0 Å². The Bertz CT molecular complexity index is 561. The molecule has 0 aliphatic carbocycles. The molecule has 21 heavy (non-hydrogen) atoms. The van der Waals surface area contributed by atoms with Crippen molar-refractivity contribution in [3.63, 3.8) is 0 Å². The molecular formula is C12H17F3N2O3S. The zero-order chi connectivity index (χ0) is 16.1. The normalized spacial score (nSPS) is 12.9. The number of alkyl halides is 3. The Hall–Kier alpha value is -1.16. The molecule has 0 saturated heterocycles. The van der Waals surface area contributed by atoms with Gasteiger partial charge < -0.3 is 10.8 Å². The molecule has 0 aromatic heterocycles. The van der Waals surface area contributed by atoms with E-state index in [9.17, 15) is 21.6 Å². The zero-order valence-electron chi connectivity index (χ0n) is 11.2. The first-order chi connectivity index (χ1) is 9.68. The lowest BCUT2D eigenvalue weighted by Crippen LogP contribution is -2.41. The van der Waals surface area contributed by atoms with E-state index in [0.717, 1.165) is 0 Å². The molecule has 0 saturated carbocycles. The standard InChI is InChI=1S/C12H17F3N2O3S/c13-12(14,15)9-17(4-5-18)21(19,20)8-11-3-1-2-10(6-11)7-16/h1-3,6,18H,4-5,7-9,16H2. The van der Waals surface area contributed by atoms with E-state index >= 15 is 0 Å². The van der Waals surface area contributed by atoms with Crippen molar-refractivity contribution >= 4 is 10.0 Å². The molecule has 0 unspecified atom stereocenters. The van der Waals surface area contributed by atoms with Crippen LogP contribution in [0.25, 0.3) is 0 Å². The molecule has 0 heterocycles. The van der Waals surface area contributed by atoms with Crippen LogP contribution in [0.4, 0.5) is 13.2 Å². The number of sulfonamides is 1. The molecule has 3 N–H and O–H groups in total. The first-order valence-corrected chi connectivity index (χ1v) is 7.72. The van der Waals surface area contributed by atoms with E-state index in [1.165, 1.54) is 12.1 Å². The van der Waals surface area contributed by atoms with E-state index in [2.05, 4.69) is 0 Å². The highest BCUT2D eigenvalue weighted by Crippen LogP contribution is 2.20. The number of nitrogens with zero attached hydrogens (tertiary/aromatic N) is 1. The summed E-state index contributed by atoms with van der Waals surface area (Å²) in [5.74, 6) is -0.572. The van der Waals surface area contributed by atoms with Crippen LogP contribution in [0.15, 0.2) is 24.3 Å². The second kappa shape index (κ2) is 7.21. The molecule has 0 radical (unpaired) electrons. The minimum Gasteiger partial charge on any atom is -0.395 e. The fraction of sp³-hybridized carbons (Fsp3) is 0.500. The van der Waals surface area contributed by atoms with Crippen LogP contribution in [0.1, 0.15) is 11.1 Å². The first kappa shape index (κ1) is 17.9. The number of rotatable bonds is 7. The van der Waals surface area contributed by atoms with Gasteiger partial charge in [0.1, 0.15) is 6.54 Å². The van der Waals surface area contributed by atoms with Crippen molar-refractivity contribution in [3.8, 4) is 0 Å². The van der Waals surface area contributed by atoms with Gasteiger partial charge in [0.05, 0.1) is 12.4 Å². The molecule has 1 rings (SSSR count). The highest BCUT2D eigenvalue weighted by atomic mass is 32.2. The van der Waals surface area contributed by atoms with Gasteiger partial charge in [-0.15, -0.1) is 0 Å². The summed E-state index contributed by atoms with van der Waals surface area (Å²) < 4.78 is 61.6. The number of aliphatic hydroxyl groups excluding tert-OH is 1. The van der Waals surface area contributed by atoms with Crippen molar-refractivity contribution in [3.05, 3.63) is 35.4 Å². The molecule has 1 aromatic rings. The van der Waals surface area contributed by atoms with E-state index in [0.29, 0.717) is 11.1 Å². The predicted molar refractivity (Wildman–Crippen MR) is 71.7 cm³/mol. The Kier molecular flexibility index (Phi) is 6.14. The van der Waals surface area contributed by atoms with E-state index in [-0.39, 0.29) is 10.8 Å². The van der Waals surface area contributed by atoms with Crippen molar-refractivity contribution in [1.29, 1.82) is 0 Å². The van der Waals surface area contributed by atoms with E-state index in [1.807, 2.05) is 0 Å². The molecule has 120 valence electrons. The van der Waals surface area contributed by atoms with Crippen LogP contribution in [0.2, 0.25) is 0 Å². The molecule has 9 heteroatoms. The number of benzene rings is 1. The Morgan fingerprint density at radius 1 is 1.24 bits per heavy atom. The van der Waals surface area contributed by atoms with Crippen LogP contribution < -0.4 is 5.73 Å². The van der Waals surface area contributed by atoms with Gasteiger partial charge in [-0.05, 0) is 11.1 Å². The zero-order valence-corrected chi connectivity index (χ0v) is 12.0. The average Bonchev–Trinajstić information content (AvgIpc) is 2.36. The summed E-state index contributed by atoms with van der Waals surface area (Å²) >= 11 is 0. The number of aliphatic hydroxyl groups is 1. The predicted octanol–water partition coefficient (Wildman–Crippen LogP) is 0.832. The van der Waals surface area contributed by atoms with Gasteiger partial charge in [0.25, 0.3) is 0 Å². The van der Waals surface area contributed by atoms with Gasteiger partial charge >= 0.3 is 6.18 Å². The second-order valence-electron chi connectivity index (χ2n) is 4.45. The molecule has 0 spiro atoms. The minimum atomic E-state index is -4.67. The highest BCUT2D eigenvalue weighted by molar-refractivity contribution is 7.88. The Balaban J connectivity index is 2.94. The third-order valence-electron chi connectivity index (χ3n) is 2.67. The van der Waals surface area contributed by atoms with Crippen molar-refractivity contribution in [2.24, 2.45) is 5.73 Å². The minimum absolute atomic E-state index is 0.205. The Labute approximate surface area is 121 Å². The van der Waals surface area contributed by atoms with Crippen LogP contribution in [0.3, 0.4) is 0 Å². The van der Waals surface area contributed by atoms with Crippen molar-refractivity contribution < 1.29 is 26.7 Å². The average molecular weight is 326 g/mol. The molecule has 0 amide bonds. The lowest BCUT2D eigenvalue weighted by Gasteiger charge is -2.22. The van der Waals surface area contributed by atoms with Crippen LogP contribution in [-0.2, 0) is 22.3 Å². The maximum absolute atomic E-state index is 12.4. The third-order valence-corrected chi connectivity index (χ3v) is 4.47. The van der Waals surface area contributed by atoms with Crippen molar-refractivity contribution in [1.82, 2.24) is 4.31 Å². The molecular weight excluding hydrogens is 309 g/mol. The first-order valence-electron chi connectivity index (χ1n) is 6.11. The van der Waals surface area contributed by atoms with E-state index < -0.39 is 41.6 Å². The molecule has 1 aromatic carbocycles. The topological polar surface area (TPSA) is 83.6 Å². The largest absolute Gasteiger partial charge is 0.402 e. The Morgan fingerprint density at radius 3 is 2.38 bits per heavy atom. The lowest BCUT2D eigenvalue weighted by atomic mass is 10.1. The smallest absolute Gasteiger partial charge is 0.395 e. The summed E-state index contributed by atoms with van der Waals surface area (Å²) in [6, 6.07) is 6.31. The van der Waals surface area contributed by atoms with Gasteiger partial charge in [0, 0.05) is 13.1 Å². The fourth-order valence-corrected chi connectivity index (χ4v) is 3.26. The van der Waals surface area contributed by atoms with Gasteiger partial charge in [0.2, 0.25) is 10.0 Å². The molecule has 5 nitrogen and oxygen atoms in total. The lowest BCUT2D eigenvalue weighted by molar-refractivity contribution is -0.136. The van der Waals surface area contributed by atoms with Crippen molar-refractivity contribution in [2.45, 2.75) is 18.5 Å². The van der Waals surface area contributed by atoms with Crippen molar-refractivity contribution in [2.75, 3.05) is 19.7 Å². The summed E-state index contributed by atoms with van der Waals surface area (Å²) in [6.07, 6.45) is -4.67. The van der Waals surface area contributed by atoms with Gasteiger partial charge in [-0.3, -0.25) is 0 Å². The molecule has 0 atom stereocenters. The van der Waals surface area contributed by atoms with Crippen LogP contribution in [0.5, 0.6) is 0 Å². The summed E-state index contributed by atoms with van der Waals surface area (Å²) in [4.78, 5) is 0. The number of nitrogens with two attached hydrogens (primary N) is 1. The van der Waals surface area contributed by atoms with Crippen LogP contribution in [-0.4, -0.2) is 43.7 Å². The number of halogens is 3. The maximum Gasteiger partial charge on any atom is 0.402 e. The third kappa shape index (κ3) is 6.00. The summed E-state index contributed by atoms with van der Waals surface area (Å²) in [7, 11) is -4.18. The summed E-state index contributed by atoms with van der Waals surface area (Å²) in [6.45, 7) is -2.69. The molecule has 0 fully saturated rings. The van der Waals surface area contributed by atoms with Gasteiger partial charge in [-0.25, -0.2) is 8.42 Å². The van der Waals surface area contributed by atoms with E-state index in [1.54, 1.807) is 12.1 Å². The number of hydrogen-bond donors (Lipinski definition) is 2. The molecule has 0 aliphatic heterocycles. The Morgan fingerprint density at radius 2 is 1.86 bits per heavy atom. The summed E-state index contributed by atoms with van der Waals surface area (Å²) in [5.41, 5.74) is 6.47.